The lowest BCUT2D eigenvalue weighted by Gasteiger charge is -2.34. The summed E-state index contributed by atoms with van der Waals surface area (Å²) in [5, 5.41) is 4.98. The van der Waals surface area contributed by atoms with Crippen LogP contribution in [0.2, 0.25) is 0 Å². The number of fused-ring (bicyclic) bond motifs is 7. The second-order valence-corrected chi connectivity index (χ2v) is 14.1. The van der Waals surface area contributed by atoms with Crippen LogP contribution < -0.4 is 4.90 Å². The molecule has 0 aliphatic heterocycles. The summed E-state index contributed by atoms with van der Waals surface area (Å²) in [5.74, 6) is 0. The zero-order chi connectivity index (χ0) is 34.1. The van der Waals surface area contributed by atoms with Crippen molar-refractivity contribution in [1.82, 2.24) is 4.57 Å². The molecule has 242 valence electrons. The van der Waals surface area contributed by atoms with Crippen LogP contribution in [-0.2, 0) is 5.41 Å². The number of aromatic nitrogens is 1. The van der Waals surface area contributed by atoms with Crippen molar-refractivity contribution in [3.63, 3.8) is 0 Å². The summed E-state index contributed by atoms with van der Waals surface area (Å²) in [5.41, 5.74) is 14.6. The first-order valence-electron chi connectivity index (χ1n) is 17.8. The van der Waals surface area contributed by atoms with Gasteiger partial charge in [-0.3, -0.25) is 0 Å². The maximum absolute atomic E-state index is 2.53. The molecule has 1 aliphatic rings. The van der Waals surface area contributed by atoms with Gasteiger partial charge in [-0.05, 0) is 81.1 Å². The van der Waals surface area contributed by atoms with Crippen LogP contribution in [0.1, 0.15) is 25.0 Å². The summed E-state index contributed by atoms with van der Waals surface area (Å²) < 4.78 is 2.42. The Morgan fingerprint density at radius 1 is 0.471 bits per heavy atom. The van der Waals surface area contributed by atoms with Gasteiger partial charge in [-0.1, -0.05) is 153 Å². The Labute approximate surface area is 298 Å². The van der Waals surface area contributed by atoms with Gasteiger partial charge in [0, 0.05) is 33.1 Å². The van der Waals surface area contributed by atoms with E-state index in [9.17, 15) is 0 Å². The Morgan fingerprint density at radius 2 is 1.10 bits per heavy atom. The molecule has 0 spiro atoms. The van der Waals surface area contributed by atoms with Crippen molar-refractivity contribution in [1.29, 1.82) is 0 Å². The summed E-state index contributed by atoms with van der Waals surface area (Å²) in [6.45, 7) is 4.76. The quantitative estimate of drug-likeness (QED) is 0.180. The van der Waals surface area contributed by atoms with Crippen molar-refractivity contribution in [3.05, 3.63) is 193 Å². The molecule has 2 nitrogen and oxygen atoms in total. The van der Waals surface area contributed by atoms with Gasteiger partial charge in [0.25, 0.3) is 0 Å². The van der Waals surface area contributed by atoms with E-state index in [-0.39, 0.29) is 5.41 Å². The minimum Gasteiger partial charge on any atom is -0.309 e. The Morgan fingerprint density at radius 3 is 1.88 bits per heavy atom. The fourth-order valence-electron chi connectivity index (χ4n) is 8.74. The monoisotopic (exact) mass is 652 g/mol. The molecule has 0 atom stereocenters. The van der Waals surface area contributed by atoms with Crippen LogP contribution in [0.5, 0.6) is 0 Å². The number of hydrogen-bond donors (Lipinski definition) is 0. The van der Waals surface area contributed by atoms with Crippen LogP contribution >= 0.6 is 0 Å². The molecule has 9 aromatic rings. The number of nitrogens with zero attached hydrogens (tertiary/aromatic N) is 2. The minimum absolute atomic E-state index is 0.199. The minimum atomic E-state index is -0.199. The van der Waals surface area contributed by atoms with Crippen LogP contribution in [0.25, 0.3) is 60.5 Å². The van der Waals surface area contributed by atoms with Gasteiger partial charge in [0.2, 0.25) is 0 Å². The van der Waals surface area contributed by atoms with Crippen LogP contribution in [0.4, 0.5) is 17.1 Å². The number of hydrogen-bond acceptors (Lipinski definition) is 1. The predicted octanol–water partition coefficient (Wildman–Crippen LogP) is 13.4. The Balaban J connectivity index is 1.30. The molecular formula is C49H36N2. The van der Waals surface area contributed by atoms with Gasteiger partial charge in [-0.25, -0.2) is 0 Å². The van der Waals surface area contributed by atoms with Crippen molar-refractivity contribution in [2.75, 3.05) is 4.90 Å². The van der Waals surface area contributed by atoms with Crippen molar-refractivity contribution in [2.45, 2.75) is 19.3 Å². The highest BCUT2D eigenvalue weighted by Gasteiger charge is 2.39. The first-order valence-corrected chi connectivity index (χ1v) is 17.8. The molecule has 1 heterocycles. The van der Waals surface area contributed by atoms with Crippen LogP contribution in [-0.4, -0.2) is 4.57 Å². The molecule has 0 saturated heterocycles. The van der Waals surface area contributed by atoms with Gasteiger partial charge in [0.1, 0.15) is 0 Å². The lowest BCUT2D eigenvalue weighted by molar-refractivity contribution is 0.661. The SMILES string of the molecule is CC1(C)c2ccccc2-c2cccc(N(c3cccc(-n4c5ccccc5c5ccccc54)c3)c3ccc4ccccc4c3-c3ccccc3)c21. The number of anilines is 3. The molecule has 0 fully saturated rings. The summed E-state index contributed by atoms with van der Waals surface area (Å²) in [7, 11) is 0. The zero-order valence-electron chi connectivity index (χ0n) is 28.7. The second kappa shape index (κ2) is 11.3. The maximum Gasteiger partial charge on any atom is 0.0546 e. The standard InChI is InChI=1S/C49H36N2/c1-49(2)42-26-11-8-22-38(42)41-25-15-29-46(48(41)49)51(45-31-30-33-16-6-7-21-37(33)47(45)34-17-4-3-5-18-34)36-20-14-19-35(32-36)50-43-27-12-9-23-39(43)40-24-10-13-28-44(40)50/h3-32H,1-2H3. The fraction of sp³-hybridized carbons (Fsp3) is 0.0612. The third kappa shape index (κ3) is 4.43. The number of benzene rings is 8. The Bertz CT molecular complexity index is 2730. The van der Waals surface area contributed by atoms with E-state index in [1.807, 2.05) is 0 Å². The van der Waals surface area contributed by atoms with E-state index in [4.69, 9.17) is 0 Å². The van der Waals surface area contributed by atoms with E-state index in [1.54, 1.807) is 0 Å². The molecule has 0 radical (unpaired) electrons. The van der Waals surface area contributed by atoms with Gasteiger partial charge in [-0.15, -0.1) is 0 Å². The summed E-state index contributed by atoms with van der Waals surface area (Å²) >= 11 is 0. The van der Waals surface area contributed by atoms with Crippen molar-refractivity contribution < 1.29 is 0 Å². The molecule has 8 aromatic carbocycles. The Hall–Kier alpha value is -6.38. The van der Waals surface area contributed by atoms with Crippen molar-refractivity contribution >= 4 is 49.6 Å². The molecular weight excluding hydrogens is 617 g/mol. The van der Waals surface area contributed by atoms with Crippen molar-refractivity contribution in [3.8, 4) is 27.9 Å². The van der Waals surface area contributed by atoms with Gasteiger partial charge < -0.3 is 9.47 Å². The number of para-hydroxylation sites is 2. The third-order valence-electron chi connectivity index (χ3n) is 10.9. The third-order valence-corrected chi connectivity index (χ3v) is 10.9. The highest BCUT2D eigenvalue weighted by atomic mass is 15.2. The van der Waals surface area contributed by atoms with Crippen LogP contribution in [0, 0.1) is 0 Å². The molecule has 10 rings (SSSR count). The largest absolute Gasteiger partial charge is 0.309 e. The first kappa shape index (κ1) is 29.5. The molecule has 1 aromatic heterocycles. The molecule has 51 heavy (non-hydrogen) atoms. The average molecular weight is 653 g/mol. The summed E-state index contributed by atoms with van der Waals surface area (Å²) in [4.78, 5) is 2.53. The van der Waals surface area contributed by atoms with Gasteiger partial charge >= 0.3 is 0 Å². The van der Waals surface area contributed by atoms with E-state index in [0.29, 0.717) is 0 Å². The maximum atomic E-state index is 2.53. The smallest absolute Gasteiger partial charge is 0.0546 e. The van der Waals surface area contributed by atoms with E-state index in [2.05, 4.69) is 205 Å². The molecule has 0 saturated carbocycles. The molecule has 1 aliphatic carbocycles. The highest BCUT2D eigenvalue weighted by molar-refractivity contribution is 6.10. The van der Waals surface area contributed by atoms with Crippen molar-refractivity contribution in [2.24, 2.45) is 0 Å². The summed E-state index contributed by atoms with van der Waals surface area (Å²) in [6.07, 6.45) is 0. The normalized spacial score (nSPS) is 13.1. The molecule has 0 N–H and O–H groups in total. The molecule has 0 bridgehead atoms. The molecule has 0 amide bonds. The van der Waals surface area contributed by atoms with E-state index in [0.717, 1.165) is 17.1 Å². The van der Waals surface area contributed by atoms with Gasteiger partial charge in [0.15, 0.2) is 0 Å². The molecule has 2 heteroatoms. The second-order valence-electron chi connectivity index (χ2n) is 14.1. The topological polar surface area (TPSA) is 8.17 Å². The lowest BCUT2D eigenvalue weighted by Crippen LogP contribution is -2.21. The lowest BCUT2D eigenvalue weighted by atomic mass is 9.81. The van der Waals surface area contributed by atoms with E-state index >= 15 is 0 Å². The summed E-state index contributed by atoms with van der Waals surface area (Å²) in [6, 6.07) is 66.7. The highest BCUT2D eigenvalue weighted by Crippen LogP contribution is 2.55. The van der Waals surface area contributed by atoms with E-state index in [1.165, 1.54) is 71.6 Å². The molecule has 0 unspecified atom stereocenters. The van der Waals surface area contributed by atoms with Gasteiger partial charge in [0.05, 0.1) is 22.4 Å². The fourth-order valence-corrected chi connectivity index (χ4v) is 8.74. The number of rotatable bonds is 5. The Kier molecular flexibility index (Phi) is 6.56. The van der Waals surface area contributed by atoms with Crippen LogP contribution in [0.3, 0.4) is 0 Å². The van der Waals surface area contributed by atoms with E-state index < -0.39 is 0 Å². The van der Waals surface area contributed by atoms with Crippen LogP contribution in [0.15, 0.2) is 182 Å². The first-order chi connectivity index (χ1) is 25.1. The average Bonchev–Trinajstić information content (AvgIpc) is 3.64. The zero-order valence-corrected chi connectivity index (χ0v) is 28.7. The predicted molar refractivity (Wildman–Crippen MR) is 216 cm³/mol. The van der Waals surface area contributed by atoms with Gasteiger partial charge in [-0.2, -0.15) is 0 Å².